The number of nitrogens with one attached hydrogen (secondary N) is 1. The Hall–Kier alpha value is -1.35. The van der Waals surface area contributed by atoms with E-state index in [1.165, 1.54) is 5.56 Å². The van der Waals surface area contributed by atoms with E-state index in [4.69, 9.17) is 5.73 Å². The van der Waals surface area contributed by atoms with Crippen LogP contribution in [0.5, 0.6) is 0 Å². The van der Waals surface area contributed by atoms with Crippen LogP contribution in [0.3, 0.4) is 0 Å². The summed E-state index contributed by atoms with van der Waals surface area (Å²) in [4.78, 5) is 11.6. The van der Waals surface area contributed by atoms with Gasteiger partial charge < -0.3 is 11.1 Å². The van der Waals surface area contributed by atoms with Crippen LogP contribution in [0.25, 0.3) is 0 Å². The topological polar surface area (TPSA) is 55.1 Å². The summed E-state index contributed by atoms with van der Waals surface area (Å²) >= 11 is 0. The highest BCUT2D eigenvalue weighted by Crippen LogP contribution is 2.13. The minimum absolute atomic E-state index is 0.00463. The predicted molar refractivity (Wildman–Crippen MR) is 66.0 cm³/mol. The maximum absolute atomic E-state index is 11.6. The van der Waals surface area contributed by atoms with Crippen LogP contribution in [0.1, 0.15) is 37.4 Å². The zero-order valence-electron chi connectivity index (χ0n) is 10.2. The number of amides is 1. The molecule has 0 saturated heterocycles. The molecule has 0 aliphatic heterocycles. The number of hydrogen-bond acceptors (Lipinski definition) is 2. The van der Waals surface area contributed by atoms with E-state index in [-0.39, 0.29) is 11.9 Å². The van der Waals surface area contributed by atoms with Gasteiger partial charge in [0.15, 0.2) is 0 Å². The minimum Gasteiger partial charge on any atom is -0.348 e. The Bertz CT molecular complexity index is 363. The standard InChI is InChI=1S/C13H20N2O/c1-4-12(14)13(16)15-10(3)11-7-5-6-9(2)8-11/h5-8,10,12H,4,14H2,1-3H3,(H,15,16)/t10-,12-/m0/s1. The van der Waals surface area contributed by atoms with Gasteiger partial charge in [0.25, 0.3) is 0 Å². The second kappa shape index (κ2) is 5.66. The lowest BCUT2D eigenvalue weighted by Crippen LogP contribution is -2.41. The Kier molecular flexibility index (Phi) is 4.50. The van der Waals surface area contributed by atoms with Crippen molar-refractivity contribution in [1.29, 1.82) is 0 Å². The largest absolute Gasteiger partial charge is 0.348 e. The molecule has 3 heteroatoms. The number of carbonyl (C=O) groups is 1. The molecule has 0 saturated carbocycles. The first kappa shape index (κ1) is 12.7. The van der Waals surface area contributed by atoms with Crippen LogP contribution in [0.15, 0.2) is 24.3 Å². The van der Waals surface area contributed by atoms with Gasteiger partial charge >= 0.3 is 0 Å². The quantitative estimate of drug-likeness (QED) is 0.814. The molecule has 0 radical (unpaired) electrons. The van der Waals surface area contributed by atoms with Crippen molar-refractivity contribution in [2.45, 2.75) is 39.3 Å². The van der Waals surface area contributed by atoms with E-state index in [9.17, 15) is 4.79 Å². The molecule has 0 spiro atoms. The molecule has 0 heterocycles. The molecule has 2 atom stereocenters. The minimum atomic E-state index is -0.410. The molecule has 3 nitrogen and oxygen atoms in total. The molecule has 88 valence electrons. The first-order valence-corrected chi connectivity index (χ1v) is 5.67. The maximum atomic E-state index is 11.6. The zero-order valence-corrected chi connectivity index (χ0v) is 10.2. The summed E-state index contributed by atoms with van der Waals surface area (Å²) in [7, 11) is 0. The molecular weight excluding hydrogens is 200 g/mol. The molecule has 0 aliphatic carbocycles. The normalized spacial score (nSPS) is 14.2. The highest BCUT2D eigenvalue weighted by molar-refractivity contribution is 5.81. The summed E-state index contributed by atoms with van der Waals surface area (Å²) in [5.41, 5.74) is 7.96. The molecule has 1 rings (SSSR count). The summed E-state index contributed by atoms with van der Waals surface area (Å²) in [5, 5.41) is 2.91. The van der Waals surface area contributed by atoms with Gasteiger partial charge in [-0.1, -0.05) is 36.8 Å². The summed E-state index contributed by atoms with van der Waals surface area (Å²) in [5.74, 6) is -0.0866. The molecule has 3 N–H and O–H groups in total. The lowest BCUT2D eigenvalue weighted by molar-refractivity contribution is -0.123. The first-order valence-electron chi connectivity index (χ1n) is 5.67. The van der Waals surface area contributed by atoms with Gasteiger partial charge in [-0.15, -0.1) is 0 Å². The van der Waals surface area contributed by atoms with E-state index in [1.807, 2.05) is 39.0 Å². The molecule has 0 aromatic heterocycles. The zero-order chi connectivity index (χ0) is 12.1. The fraction of sp³-hybridized carbons (Fsp3) is 0.462. The van der Waals surface area contributed by atoms with E-state index < -0.39 is 6.04 Å². The van der Waals surface area contributed by atoms with E-state index in [0.29, 0.717) is 6.42 Å². The van der Waals surface area contributed by atoms with Crippen molar-refractivity contribution >= 4 is 5.91 Å². The molecule has 1 aromatic carbocycles. The van der Waals surface area contributed by atoms with Crippen molar-refractivity contribution in [2.24, 2.45) is 5.73 Å². The first-order chi connectivity index (χ1) is 7.54. The Balaban J connectivity index is 2.65. The van der Waals surface area contributed by atoms with Gasteiger partial charge in [-0.05, 0) is 25.8 Å². The van der Waals surface area contributed by atoms with Crippen LogP contribution >= 0.6 is 0 Å². The number of hydrogen-bond donors (Lipinski definition) is 2. The van der Waals surface area contributed by atoms with Crippen LogP contribution in [0, 0.1) is 6.92 Å². The molecule has 0 unspecified atom stereocenters. The van der Waals surface area contributed by atoms with Crippen molar-refractivity contribution in [1.82, 2.24) is 5.32 Å². The van der Waals surface area contributed by atoms with Gasteiger partial charge in [-0.25, -0.2) is 0 Å². The Morgan fingerprint density at radius 2 is 2.19 bits per heavy atom. The van der Waals surface area contributed by atoms with Gasteiger partial charge in [0.2, 0.25) is 5.91 Å². The van der Waals surface area contributed by atoms with Crippen LogP contribution < -0.4 is 11.1 Å². The van der Waals surface area contributed by atoms with Gasteiger partial charge in [0, 0.05) is 0 Å². The Morgan fingerprint density at radius 1 is 1.50 bits per heavy atom. The van der Waals surface area contributed by atoms with E-state index in [2.05, 4.69) is 11.4 Å². The van der Waals surface area contributed by atoms with Crippen molar-refractivity contribution in [3.8, 4) is 0 Å². The van der Waals surface area contributed by atoms with Gasteiger partial charge in [0.1, 0.15) is 0 Å². The van der Waals surface area contributed by atoms with Crippen molar-refractivity contribution in [3.63, 3.8) is 0 Å². The SMILES string of the molecule is CC[C@H](N)C(=O)N[C@@H](C)c1cccc(C)c1. The Morgan fingerprint density at radius 3 is 2.75 bits per heavy atom. The molecule has 0 bridgehead atoms. The Labute approximate surface area is 97.0 Å². The van der Waals surface area contributed by atoms with Gasteiger partial charge in [0.05, 0.1) is 12.1 Å². The fourth-order valence-electron chi connectivity index (χ4n) is 1.53. The third-order valence-electron chi connectivity index (χ3n) is 2.68. The molecular formula is C13H20N2O. The fourth-order valence-corrected chi connectivity index (χ4v) is 1.53. The second-order valence-electron chi connectivity index (χ2n) is 4.16. The maximum Gasteiger partial charge on any atom is 0.237 e. The summed E-state index contributed by atoms with van der Waals surface area (Å²) in [6.45, 7) is 5.91. The molecule has 0 fully saturated rings. The van der Waals surface area contributed by atoms with Gasteiger partial charge in [-0.2, -0.15) is 0 Å². The van der Waals surface area contributed by atoms with Crippen LogP contribution in [-0.4, -0.2) is 11.9 Å². The van der Waals surface area contributed by atoms with Crippen molar-refractivity contribution in [2.75, 3.05) is 0 Å². The molecule has 16 heavy (non-hydrogen) atoms. The number of rotatable bonds is 4. The average Bonchev–Trinajstić information content (AvgIpc) is 2.27. The highest BCUT2D eigenvalue weighted by atomic mass is 16.2. The van der Waals surface area contributed by atoms with E-state index >= 15 is 0 Å². The third-order valence-corrected chi connectivity index (χ3v) is 2.68. The van der Waals surface area contributed by atoms with Crippen LogP contribution in [0.4, 0.5) is 0 Å². The molecule has 0 aliphatic rings. The lowest BCUT2D eigenvalue weighted by Gasteiger charge is -2.17. The number of carbonyl (C=O) groups excluding carboxylic acids is 1. The second-order valence-corrected chi connectivity index (χ2v) is 4.16. The summed E-state index contributed by atoms with van der Waals surface area (Å²) in [6.07, 6.45) is 0.659. The van der Waals surface area contributed by atoms with Crippen LogP contribution in [-0.2, 0) is 4.79 Å². The summed E-state index contributed by atoms with van der Waals surface area (Å²) < 4.78 is 0. The molecule has 1 amide bonds. The molecule has 1 aromatic rings. The number of aryl methyl sites for hydroxylation is 1. The average molecular weight is 220 g/mol. The lowest BCUT2D eigenvalue weighted by atomic mass is 10.1. The number of nitrogens with two attached hydrogens (primary N) is 1. The van der Waals surface area contributed by atoms with E-state index in [1.54, 1.807) is 0 Å². The van der Waals surface area contributed by atoms with Crippen LogP contribution in [0.2, 0.25) is 0 Å². The number of benzene rings is 1. The monoisotopic (exact) mass is 220 g/mol. The van der Waals surface area contributed by atoms with Gasteiger partial charge in [-0.3, -0.25) is 4.79 Å². The van der Waals surface area contributed by atoms with Crippen molar-refractivity contribution < 1.29 is 4.79 Å². The van der Waals surface area contributed by atoms with Crippen molar-refractivity contribution in [3.05, 3.63) is 35.4 Å². The van der Waals surface area contributed by atoms with E-state index in [0.717, 1.165) is 5.56 Å². The predicted octanol–water partition coefficient (Wildman–Crippen LogP) is 1.91. The third kappa shape index (κ3) is 3.35. The highest BCUT2D eigenvalue weighted by Gasteiger charge is 2.14. The smallest absolute Gasteiger partial charge is 0.237 e. The summed E-state index contributed by atoms with van der Waals surface area (Å²) in [6, 6.07) is 7.71.